The molecular formula is C20H21N5O. The third-order valence-corrected chi connectivity index (χ3v) is 4.57. The molecule has 1 atom stereocenters. The van der Waals surface area contributed by atoms with E-state index in [9.17, 15) is 4.79 Å². The number of nitrogens with zero attached hydrogens (tertiary/aromatic N) is 2. The van der Waals surface area contributed by atoms with E-state index in [0.29, 0.717) is 17.4 Å². The van der Waals surface area contributed by atoms with E-state index < -0.39 is 6.04 Å². The molecule has 26 heavy (non-hydrogen) atoms. The average Bonchev–Trinajstić information content (AvgIpc) is 3.39. The SMILES string of the molecule is Cc1ccc(C(N)C(=O)Nc2cccc(-c3n[nH]c(C4CC4)n3)c2)cc1. The second-order valence-electron chi connectivity index (χ2n) is 6.78. The Kier molecular flexibility index (Phi) is 4.26. The minimum absolute atomic E-state index is 0.250. The van der Waals surface area contributed by atoms with Crippen LogP contribution in [0.3, 0.4) is 0 Å². The molecule has 0 radical (unpaired) electrons. The highest BCUT2D eigenvalue weighted by molar-refractivity contribution is 5.95. The van der Waals surface area contributed by atoms with Crippen LogP contribution in [-0.4, -0.2) is 21.1 Å². The van der Waals surface area contributed by atoms with Gasteiger partial charge in [-0.1, -0.05) is 42.0 Å². The highest BCUT2D eigenvalue weighted by Gasteiger charge is 2.27. The van der Waals surface area contributed by atoms with Crippen molar-refractivity contribution >= 4 is 11.6 Å². The highest BCUT2D eigenvalue weighted by Crippen LogP contribution is 2.38. The molecule has 1 unspecified atom stereocenters. The van der Waals surface area contributed by atoms with E-state index in [4.69, 9.17) is 5.73 Å². The summed E-state index contributed by atoms with van der Waals surface area (Å²) in [7, 11) is 0. The Bertz CT molecular complexity index is 927. The topological polar surface area (TPSA) is 96.7 Å². The van der Waals surface area contributed by atoms with Gasteiger partial charge in [0.05, 0.1) is 0 Å². The molecule has 0 aliphatic heterocycles. The lowest BCUT2D eigenvalue weighted by Gasteiger charge is -2.13. The van der Waals surface area contributed by atoms with E-state index >= 15 is 0 Å². The van der Waals surface area contributed by atoms with E-state index in [1.165, 1.54) is 12.8 Å². The van der Waals surface area contributed by atoms with Gasteiger partial charge in [-0.3, -0.25) is 9.89 Å². The van der Waals surface area contributed by atoms with Gasteiger partial charge in [-0.15, -0.1) is 0 Å². The fourth-order valence-electron chi connectivity index (χ4n) is 2.82. The number of aromatic nitrogens is 3. The van der Waals surface area contributed by atoms with Crippen LogP contribution >= 0.6 is 0 Å². The van der Waals surface area contributed by atoms with Crippen molar-refractivity contribution in [3.05, 3.63) is 65.5 Å². The fourth-order valence-corrected chi connectivity index (χ4v) is 2.82. The van der Waals surface area contributed by atoms with Gasteiger partial charge in [0.25, 0.3) is 0 Å². The van der Waals surface area contributed by atoms with Gasteiger partial charge in [0.15, 0.2) is 5.82 Å². The van der Waals surface area contributed by atoms with Gasteiger partial charge in [-0.05, 0) is 37.5 Å². The Labute approximate surface area is 151 Å². The smallest absolute Gasteiger partial charge is 0.245 e. The lowest BCUT2D eigenvalue weighted by Crippen LogP contribution is -2.27. The van der Waals surface area contributed by atoms with Crippen molar-refractivity contribution in [2.24, 2.45) is 5.73 Å². The second kappa shape index (κ2) is 6.72. The predicted molar refractivity (Wildman–Crippen MR) is 101 cm³/mol. The number of carbonyl (C=O) groups is 1. The Morgan fingerprint density at radius 2 is 2.00 bits per heavy atom. The van der Waals surface area contributed by atoms with Crippen molar-refractivity contribution in [2.45, 2.75) is 31.7 Å². The molecule has 132 valence electrons. The zero-order valence-electron chi connectivity index (χ0n) is 14.6. The van der Waals surface area contributed by atoms with Crippen LogP contribution in [0.15, 0.2) is 48.5 Å². The van der Waals surface area contributed by atoms with E-state index in [0.717, 1.165) is 22.5 Å². The Morgan fingerprint density at radius 3 is 2.73 bits per heavy atom. The van der Waals surface area contributed by atoms with Crippen molar-refractivity contribution in [3.63, 3.8) is 0 Å². The zero-order valence-corrected chi connectivity index (χ0v) is 14.6. The summed E-state index contributed by atoms with van der Waals surface area (Å²) in [5.74, 6) is 1.85. The van der Waals surface area contributed by atoms with Gasteiger partial charge >= 0.3 is 0 Å². The molecule has 6 nitrogen and oxygen atoms in total. The van der Waals surface area contributed by atoms with Crippen molar-refractivity contribution in [1.82, 2.24) is 15.2 Å². The number of amides is 1. The number of nitrogens with two attached hydrogens (primary N) is 1. The Morgan fingerprint density at radius 1 is 1.23 bits per heavy atom. The van der Waals surface area contributed by atoms with E-state index in [-0.39, 0.29) is 5.91 Å². The minimum Gasteiger partial charge on any atom is -0.324 e. The van der Waals surface area contributed by atoms with E-state index in [1.807, 2.05) is 55.5 Å². The Hall–Kier alpha value is -2.99. The summed E-state index contributed by atoms with van der Waals surface area (Å²) in [5.41, 5.74) is 9.53. The first kappa shape index (κ1) is 16.5. The summed E-state index contributed by atoms with van der Waals surface area (Å²) in [6, 6.07) is 14.4. The molecule has 1 saturated carbocycles. The maximum atomic E-state index is 12.5. The summed E-state index contributed by atoms with van der Waals surface area (Å²) >= 11 is 0. The number of nitrogens with one attached hydrogen (secondary N) is 2. The van der Waals surface area contributed by atoms with Crippen molar-refractivity contribution < 1.29 is 4.79 Å². The number of carbonyl (C=O) groups excluding carboxylic acids is 1. The van der Waals surface area contributed by atoms with Crippen LogP contribution in [0.1, 0.15) is 41.8 Å². The molecule has 1 aliphatic rings. The molecule has 2 aromatic carbocycles. The average molecular weight is 347 g/mol. The molecule has 1 fully saturated rings. The largest absolute Gasteiger partial charge is 0.324 e. The summed E-state index contributed by atoms with van der Waals surface area (Å²) < 4.78 is 0. The first-order valence-electron chi connectivity index (χ1n) is 8.76. The monoisotopic (exact) mass is 347 g/mol. The molecule has 0 bridgehead atoms. The molecule has 4 N–H and O–H groups in total. The number of rotatable bonds is 5. The summed E-state index contributed by atoms with van der Waals surface area (Å²) in [6.07, 6.45) is 2.34. The summed E-state index contributed by atoms with van der Waals surface area (Å²) in [5, 5.41) is 10.2. The summed E-state index contributed by atoms with van der Waals surface area (Å²) in [6.45, 7) is 2.00. The predicted octanol–water partition coefficient (Wildman–Crippen LogP) is 3.30. The van der Waals surface area contributed by atoms with Crippen LogP contribution in [0.4, 0.5) is 5.69 Å². The molecule has 6 heteroatoms. The number of hydrogen-bond donors (Lipinski definition) is 3. The fraction of sp³-hybridized carbons (Fsp3) is 0.250. The van der Waals surface area contributed by atoms with E-state index in [2.05, 4.69) is 20.5 Å². The molecule has 0 saturated heterocycles. The third-order valence-electron chi connectivity index (χ3n) is 4.57. The van der Waals surface area contributed by atoms with Crippen LogP contribution in [0, 0.1) is 6.92 Å². The van der Waals surface area contributed by atoms with Crippen LogP contribution in [0.25, 0.3) is 11.4 Å². The van der Waals surface area contributed by atoms with Gasteiger partial charge in [0.2, 0.25) is 5.91 Å². The third kappa shape index (κ3) is 3.50. The maximum absolute atomic E-state index is 12.5. The van der Waals surface area contributed by atoms with Gasteiger partial charge in [-0.25, -0.2) is 4.98 Å². The minimum atomic E-state index is -0.718. The number of benzene rings is 2. The first-order valence-corrected chi connectivity index (χ1v) is 8.76. The summed E-state index contributed by atoms with van der Waals surface area (Å²) in [4.78, 5) is 17.0. The van der Waals surface area contributed by atoms with Crippen LogP contribution in [-0.2, 0) is 4.79 Å². The molecule has 1 aliphatic carbocycles. The van der Waals surface area contributed by atoms with Gasteiger partial charge < -0.3 is 11.1 Å². The molecule has 1 heterocycles. The first-order chi connectivity index (χ1) is 12.6. The maximum Gasteiger partial charge on any atom is 0.245 e. The molecule has 3 aromatic rings. The Balaban J connectivity index is 1.49. The quantitative estimate of drug-likeness (QED) is 0.660. The van der Waals surface area contributed by atoms with Crippen molar-refractivity contribution in [1.29, 1.82) is 0 Å². The number of hydrogen-bond acceptors (Lipinski definition) is 4. The highest BCUT2D eigenvalue weighted by atomic mass is 16.2. The van der Waals surface area contributed by atoms with Crippen LogP contribution in [0.5, 0.6) is 0 Å². The van der Waals surface area contributed by atoms with Crippen LogP contribution < -0.4 is 11.1 Å². The number of aromatic amines is 1. The zero-order chi connectivity index (χ0) is 18.1. The van der Waals surface area contributed by atoms with Crippen molar-refractivity contribution in [2.75, 3.05) is 5.32 Å². The number of anilines is 1. The normalized spacial score (nSPS) is 14.8. The van der Waals surface area contributed by atoms with Crippen molar-refractivity contribution in [3.8, 4) is 11.4 Å². The molecule has 4 rings (SSSR count). The lowest BCUT2D eigenvalue weighted by atomic mass is 10.1. The standard InChI is InChI=1S/C20H21N5O/c1-12-5-7-13(8-6-12)17(21)20(26)22-16-4-2-3-15(11-16)19-23-18(24-25-19)14-9-10-14/h2-8,11,14,17H,9-10,21H2,1H3,(H,22,26)(H,23,24,25). The van der Waals surface area contributed by atoms with Gasteiger partial charge in [-0.2, -0.15) is 5.10 Å². The molecular weight excluding hydrogens is 326 g/mol. The second-order valence-corrected chi connectivity index (χ2v) is 6.78. The van der Waals surface area contributed by atoms with Gasteiger partial charge in [0.1, 0.15) is 11.9 Å². The number of H-pyrrole nitrogens is 1. The van der Waals surface area contributed by atoms with Gasteiger partial charge in [0, 0.05) is 17.2 Å². The van der Waals surface area contributed by atoms with Crippen LogP contribution in [0.2, 0.25) is 0 Å². The number of aryl methyl sites for hydroxylation is 1. The molecule has 1 amide bonds. The molecule has 0 spiro atoms. The lowest BCUT2D eigenvalue weighted by molar-refractivity contribution is -0.117. The van der Waals surface area contributed by atoms with E-state index in [1.54, 1.807) is 0 Å². The molecule has 1 aromatic heterocycles.